The minimum absolute atomic E-state index is 0.0437. The quantitative estimate of drug-likeness (QED) is 0.693. The Morgan fingerprint density at radius 1 is 1.30 bits per heavy atom. The summed E-state index contributed by atoms with van der Waals surface area (Å²) >= 11 is 0. The van der Waals surface area contributed by atoms with E-state index in [1.807, 2.05) is 6.92 Å². The number of nitrogens with one attached hydrogen (secondary N) is 1. The Balaban J connectivity index is 1.61. The Morgan fingerprint density at radius 2 is 2.03 bits per heavy atom. The molecule has 2 heterocycles. The predicted molar refractivity (Wildman–Crippen MR) is 104 cm³/mol. The summed E-state index contributed by atoms with van der Waals surface area (Å²) in [6.45, 7) is 2.41. The fourth-order valence-electron chi connectivity index (χ4n) is 3.65. The average Bonchev–Trinajstić information content (AvgIpc) is 2.87. The standard InChI is InChI=1S/C19H25F3N6O2/c1-10-15(30-9-11-4-3-5-11)17(28(27-10)12-6-13(7-12)29-2)26-18-24-8-14(16(23)25-18)19(20,21)22/h8,11-13H,3-7,9H2,1-2H3,(H3,23,24,25,26). The van der Waals surface area contributed by atoms with Crippen LogP contribution in [0.3, 0.4) is 0 Å². The van der Waals surface area contributed by atoms with Crippen LogP contribution in [0.25, 0.3) is 0 Å². The van der Waals surface area contributed by atoms with Gasteiger partial charge in [-0.1, -0.05) is 6.42 Å². The Labute approximate surface area is 172 Å². The third-order valence-corrected chi connectivity index (χ3v) is 5.82. The topological polar surface area (TPSA) is 100 Å². The molecule has 2 aliphatic carbocycles. The lowest BCUT2D eigenvalue weighted by molar-refractivity contribution is -0.137. The molecule has 0 aromatic carbocycles. The highest BCUT2D eigenvalue weighted by atomic mass is 19.4. The van der Waals surface area contributed by atoms with Gasteiger partial charge in [-0.05, 0) is 38.5 Å². The third kappa shape index (κ3) is 4.03. The zero-order valence-corrected chi connectivity index (χ0v) is 16.9. The molecule has 0 saturated heterocycles. The van der Waals surface area contributed by atoms with E-state index in [1.54, 1.807) is 11.8 Å². The number of rotatable bonds is 7. The monoisotopic (exact) mass is 426 g/mol. The van der Waals surface area contributed by atoms with Crippen molar-refractivity contribution >= 4 is 17.6 Å². The molecule has 0 unspecified atom stereocenters. The van der Waals surface area contributed by atoms with Crippen molar-refractivity contribution in [1.82, 2.24) is 19.7 Å². The number of ether oxygens (including phenoxy) is 2. The van der Waals surface area contributed by atoms with Gasteiger partial charge in [0.2, 0.25) is 5.95 Å². The smallest absolute Gasteiger partial charge is 0.421 e. The maximum atomic E-state index is 13.0. The Kier molecular flexibility index (Phi) is 5.48. The number of nitrogens with zero attached hydrogens (tertiary/aromatic N) is 4. The van der Waals surface area contributed by atoms with Gasteiger partial charge in [0.05, 0.1) is 18.8 Å². The number of hydrogen-bond donors (Lipinski definition) is 2. The lowest BCUT2D eigenvalue weighted by Gasteiger charge is -2.35. The van der Waals surface area contributed by atoms with Crippen molar-refractivity contribution in [3.8, 4) is 5.75 Å². The number of nitrogen functional groups attached to an aromatic ring is 1. The number of aromatic nitrogens is 4. The molecule has 3 N–H and O–H groups in total. The van der Waals surface area contributed by atoms with Gasteiger partial charge in [0, 0.05) is 13.3 Å². The van der Waals surface area contributed by atoms with Crippen molar-refractivity contribution in [3.05, 3.63) is 17.5 Å². The maximum absolute atomic E-state index is 13.0. The summed E-state index contributed by atoms with van der Waals surface area (Å²) in [6, 6.07) is 0.0870. The van der Waals surface area contributed by atoms with Crippen LogP contribution in [0.1, 0.15) is 49.4 Å². The van der Waals surface area contributed by atoms with Crippen molar-refractivity contribution in [2.24, 2.45) is 5.92 Å². The molecule has 164 valence electrons. The Morgan fingerprint density at radius 3 is 2.60 bits per heavy atom. The highest BCUT2D eigenvalue weighted by Crippen LogP contribution is 2.41. The Hall–Kier alpha value is -2.56. The second-order valence-electron chi connectivity index (χ2n) is 7.91. The molecule has 11 heteroatoms. The molecular formula is C19H25F3N6O2. The summed E-state index contributed by atoms with van der Waals surface area (Å²) in [5.41, 5.74) is 5.14. The number of aryl methyl sites for hydroxylation is 1. The molecule has 0 aliphatic heterocycles. The number of anilines is 3. The highest BCUT2D eigenvalue weighted by molar-refractivity contribution is 5.61. The largest absolute Gasteiger partial charge is 0.488 e. The summed E-state index contributed by atoms with van der Waals surface area (Å²) in [4.78, 5) is 7.60. The minimum Gasteiger partial charge on any atom is -0.488 e. The van der Waals surface area contributed by atoms with Gasteiger partial charge in [0.1, 0.15) is 17.1 Å². The molecule has 2 fully saturated rings. The number of halogens is 3. The first-order valence-electron chi connectivity index (χ1n) is 9.97. The lowest BCUT2D eigenvalue weighted by atomic mass is 9.86. The second kappa shape index (κ2) is 7.93. The average molecular weight is 426 g/mol. The number of alkyl halides is 3. The number of hydrogen-bond acceptors (Lipinski definition) is 7. The molecule has 0 spiro atoms. The van der Waals surface area contributed by atoms with E-state index in [1.165, 1.54) is 6.42 Å². The fourth-order valence-corrected chi connectivity index (χ4v) is 3.65. The van der Waals surface area contributed by atoms with E-state index in [-0.39, 0.29) is 18.1 Å². The molecule has 2 aliphatic rings. The fraction of sp³-hybridized carbons (Fsp3) is 0.632. The molecule has 2 aromatic rings. The van der Waals surface area contributed by atoms with Crippen LogP contribution >= 0.6 is 0 Å². The van der Waals surface area contributed by atoms with Gasteiger partial charge in [-0.15, -0.1) is 0 Å². The van der Waals surface area contributed by atoms with Gasteiger partial charge in [0.25, 0.3) is 0 Å². The van der Waals surface area contributed by atoms with E-state index < -0.39 is 17.6 Å². The molecule has 2 saturated carbocycles. The first-order valence-corrected chi connectivity index (χ1v) is 9.97. The van der Waals surface area contributed by atoms with E-state index in [9.17, 15) is 13.2 Å². The molecule has 4 rings (SSSR count). The Bertz CT molecular complexity index is 906. The second-order valence-corrected chi connectivity index (χ2v) is 7.91. The molecule has 0 atom stereocenters. The molecular weight excluding hydrogens is 401 g/mol. The lowest BCUT2D eigenvalue weighted by Crippen LogP contribution is -2.33. The van der Waals surface area contributed by atoms with Crippen LogP contribution in [0.2, 0.25) is 0 Å². The van der Waals surface area contributed by atoms with Gasteiger partial charge < -0.3 is 20.5 Å². The van der Waals surface area contributed by atoms with Gasteiger partial charge in [-0.25, -0.2) is 9.67 Å². The molecule has 30 heavy (non-hydrogen) atoms. The summed E-state index contributed by atoms with van der Waals surface area (Å²) in [5, 5.41) is 7.59. The van der Waals surface area contributed by atoms with Gasteiger partial charge in [-0.3, -0.25) is 0 Å². The first-order chi connectivity index (χ1) is 14.3. The van der Waals surface area contributed by atoms with Crippen LogP contribution in [-0.4, -0.2) is 39.6 Å². The SMILES string of the molecule is COC1CC(n2nc(C)c(OCC3CCC3)c2Nc2ncc(C(F)(F)F)c(N)n2)C1. The van der Waals surface area contributed by atoms with E-state index in [4.69, 9.17) is 15.2 Å². The summed E-state index contributed by atoms with van der Waals surface area (Å²) in [6.07, 6.45) is 1.26. The molecule has 0 amide bonds. The van der Waals surface area contributed by atoms with Gasteiger partial charge >= 0.3 is 6.18 Å². The van der Waals surface area contributed by atoms with Crippen LogP contribution in [0.4, 0.5) is 30.8 Å². The van der Waals surface area contributed by atoms with Crippen molar-refractivity contribution < 1.29 is 22.6 Å². The number of methoxy groups -OCH3 is 1. The van der Waals surface area contributed by atoms with Gasteiger partial charge in [0.15, 0.2) is 11.6 Å². The van der Waals surface area contributed by atoms with Crippen LogP contribution in [0.15, 0.2) is 6.20 Å². The van der Waals surface area contributed by atoms with E-state index in [0.29, 0.717) is 36.0 Å². The molecule has 0 radical (unpaired) electrons. The zero-order chi connectivity index (χ0) is 21.5. The number of nitrogens with two attached hydrogens (primary N) is 1. The van der Waals surface area contributed by atoms with E-state index in [0.717, 1.165) is 25.7 Å². The predicted octanol–water partition coefficient (Wildman–Crippen LogP) is 3.85. The molecule has 8 nitrogen and oxygen atoms in total. The van der Waals surface area contributed by atoms with Crippen molar-refractivity contribution in [2.75, 3.05) is 24.8 Å². The van der Waals surface area contributed by atoms with Crippen LogP contribution in [-0.2, 0) is 10.9 Å². The van der Waals surface area contributed by atoms with Crippen molar-refractivity contribution in [2.45, 2.75) is 57.3 Å². The molecule has 0 bridgehead atoms. The van der Waals surface area contributed by atoms with Crippen LogP contribution in [0, 0.1) is 12.8 Å². The van der Waals surface area contributed by atoms with Crippen molar-refractivity contribution in [1.29, 1.82) is 0 Å². The van der Waals surface area contributed by atoms with Crippen LogP contribution in [0.5, 0.6) is 5.75 Å². The van der Waals surface area contributed by atoms with Crippen molar-refractivity contribution in [3.63, 3.8) is 0 Å². The van der Waals surface area contributed by atoms with Crippen LogP contribution < -0.4 is 15.8 Å². The zero-order valence-electron chi connectivity index (χ0n) is 16.9. The van der Waals surface area contributed by atoms with E-state index in [2.05, 4.69) is 20.4 Å². The normalized spacial score (nSPS) is 21.8. The highest BCUT2D eigenvalue weighted by Gasteiger charge is 2.36. The minimum atomic E-state index is -4.61. The summed E-state index contributed by atoms with van der Waals surface area (Å²) in [5.74, 6) is 0.913. The third-order valence-electron chi connectivity index (χ3n) is 5.82. The summed E-state index contributed by atoms with van der Waals surface area (Å²) in [7, 11) is 1.67. The van der Waals surface area contributed by atoms with E-state index >= 15 is 0 Å². The summed E-state index contributed by atoms with van der Waals surface area (Å²) < 4.78 is 52.1. The maximum Gasteiger partial charge on any atom is 0.421 e. The molecule has 2 aromatic heterocycles. The van der Waals surface area contributed by atoms with Gasteiger partial charge in [-0.2, -0.15) is 23.3 Å². The first kappa shape index (κ1) is 20.7.